The lowest BCUT2D eigenvalue weighted by molar-refractivity contribution is -0.688. The monoisotopic (exact) mass is 559 g/mol. The number of rotatable bonds is 8. The van der Waals surface area contributed by atoms with E-state index in [-0.39, 0.29) is 40.3 Å². The van der Waals surface area contributed by atoms with Gasteiger partial charge in [0.15, 0.2) is 29.2 Å². The van der Waals surface area contributed by atoms with E-state index < -0.39 is 35.2 Å². The average Bonchev–Trinajstić information content (AvgIpc) is 3.51. The number of thiazole rings is 1. The van der Waals surface area contributed by atoms with E-state index in [4.69, 9.17) is 20.1 Å². The number of aromatic carboxylic acids is 1. The van der Waals surface area contributed by atoms with Gasteiger partial charge in [-0.3, -0.25) is 14.5 Å². The SMILES string of the molecule is CON=C(C(=O)NC1C(=O)N2C(C(=O)O)=C(C[n+]3ccc4cc(C(=O)O)oc4c3)CS[C@@H]12)c1csc(N)n1. The number of hydrogen-bond acceptors (Lipinski definition) is 11. The number of carbonyl (C=O) groups excluding carboxylic acids is 2. The number of nitrogens with zero attached hydrogens (tertiary/aromatic N) is 4. The molecule has 5 rings (SSSR count). The topological polar surface area (TPSA) is 202 Å². The zero-order valence-corrected chi connectivity index (χ0v) is 21.1. The van der Waals surface area contributed by atoms with Gasteiger partial charge in [0.2, 0.25) is 12.0 Å². The summed E-state index contributed by atoms with van der Waals surface area (Å²) in [5.74, 6) is -3.73. The lowest BCUT2D eigenvalue weighted by Gasteiger charge is -2.49. The molecule has 5 N–H and O–H groups in total. The first-order valence-electron chi connectivity index (χ1n) is 10.9. The van der Waals surface area contributed by atoms with Crippen molar-refractivity contribution in [3.05, 3.63) is 52.6 Å². The van der Waals surface area contributed by atoms with Crippen molar-refractivity contribution in [1.29, 1.82) is 0 Å². The van der Waals surface area contributed by atoms with Gasteiger partial charge in [-0.25, -0.2) is 14.6 Å². The van der Waals surface area contributed by atoms with Crippen LogP contribution >= 0.6 is 23.1 Å². The van der Waals surface area contributed by atoms with Crippen LogP contribution < -0.4 is 15.6 Å². The van der Waals surface area contributed by atoms with Gasteiger partial charge >= 0.3 is 11.9 Å². The molecule has 38 heavy (non-hydrogen) atoms. The third-order valence-corrected chi connectivity index (χ3v) is 7.82. The molecule has 3 aromatic heterocycles. The Hall–Kier alpha value is -4.44. The quantitative estimate of drug-likeness (QED) is 0.127. The van der Waals surface area contributed by atoms with Crippen molar-refractivity contribution in [3.63, 3.8) is 0 Å². The van der Waals surface area contributed by atoms with Crippen LogP contribution in [-0.4, -0.2) is 73.8 Å². The number of carboxylic acid groups (broad SMARTS) is 2. The maximum atomic E-state index is 13.0. The molecule has 3 aromatic rings. The highest BCUT2D eigenvalue weighted by Gasteiger charge is 2.54. The molecule has 0 spiro atoms. The van der Waals surface area contributed by atoms with Crippen LogP contribution in [0.5, 0.6) is 0 Å². The molecular formula is C22H19N6O8S2+. The Morgan fingerprint density at radius 1 is 1.37 bits per heavy atom. The van der Waals surface area contributed by atoms with Crippen LogP contribution in [0.2, 0.25) is 0 Å². The number of thioether (sulfide) groups is 1. The third kappa shape index (κ3) is 4.43. The molecule has 1 unspecified atom stereocenters. The molecule has 0 radical (unpaired) electrons. The van der Waals surface area contributed by atoms with Gasteiger partial charge in [0, 0.05) is 28.2 Å². The fraction of sp³-hybridized carbons (Fsp3) is 0.227. The number of amides is 2. The average molecular weight is 560 g/mol. The molecule has 16 heteroatoms. The Morgan fingerprint density at radius 2 is 2.16 bits per heavy atom. The van der Waals surface area contributed by atoms with Crippen molar-refractivity contribution < 1.29 is 43.2 Å². The second kappa shape index (κ2) is 9.79. The number of oxime groups is 1. The Labute approximate surface area is 221 Å². The van der Waals surface area contributed by atoms with Gasteiger partial charge in [0.1, 0.15) is 29.9 Å². The third-order valence-electron chi connectivity index (χ3n) is 5.80. The minimum absolute atomic E-state index is 0.122. The van der Waals surface area contributed by atoms with Crippen molar-refractivity contribution in [2.24, 2.45) is 5.16 Å². The first kappa shape index (κ1) is 25.2. The van der Waals surface area contributed by atoms with E-state index in [1.54, 1.807) is 23.0 Å². The van der Waals surface area contributed by atoms with E-state index in [0.717, 1.165) is 16.2 Å². The number of nitrogens with one attached hydrogen (secondary N) is 1. The summed E-state index contributed by atoms with van der Waals surface area (Å²) < 4.78 is 6.97. The van der Waals surface area contributed by atoms with E-state index in [0.29, 0.717) is 16.5 Å². The predicted octanol–water partition coefficient (Wildman–Crippen LogP) is 0.247. The summed E-state index contributed by atoms with van der Waals surface area (Å²) >= 11 is 2.41. The summed E-state index contributed by atoms with van der Waals surface area (Å²) in [4.78, 5) is 59.2. The number of nitrogen functional groups attached to an aromatic ring is 1. The first-order valence-corrected chi connectivity index (χ1v) is 12.8. The highest BCUT2D eigenvalue weighted by molar-refractivity contribution is 8.00. The summed E-state index contributed by atoms with van der Waals surface area (Å²) in [6.45, 7) is 0.122. The molecule has 2 amide bonds. The Kier molecular flexibility index (Phi) is 6.50. The smallest absolute Gasteiger partial charge is 0.371 e. The number of carboxylic acids is 2. The van der Waals surface area contributed by atoms with Crippen LogP contribution in [0.4, 0.5) is 5.13 Å². The number of aliphatic carboxylic acids is 1. The van der Waals surface area contributed by atoms with E-state index in [9.17, 15) is 24.3 Å². The van der Waals surface area contributed by atoms with Crippen LogP contribution in [0.15, 0.2) is 50.7 Å². The molecule has 2 aliphatic rings. The van der Waals surface area contributed by atoms with E-state index >= 15 is 0 Å². The van der Waals surface area contributed by atoms with E-state index in [1.165, 1.54) is 30.3 Å². The second-order valence-corrected chi connectivity index (χ2v) is 10.2. The van der Waals surface area contributed by atoms with Crippen LogP contribution in [0, 0.1) is 0 Å². The number of pyridine rings is 1. The number of β-lactam (4-membered cyclic amide) rings is 1. The predicted molar refractivity (Wildman–Crippen MR) is 133 cm³/mol. The number of anilines is 1. The molecule has 0 bridgehead atoms. The molecular weight excluding hydrogens is 540 g/mol. The molecule has 1 saturated heterocycles. The lowest BCUT2D eigenvalue weighted by atomic mass is 10.0. The van der Waals surface area contributed by atoms with Crippen LogP contribution in [-0.2, 0) is 25.8 Å². The van der Waals surface area contributed by atoms with Gasteiger partial charge in [-0.1, -0.05) is 5.16 Å². The Morgan fingerprint density at radius 3 is 2.82 bits per heavy atom. The number of furan rings is 1. The summed E-state index contributed by atoms with van der Waals surface area (Å²) in [5.41, 5.74) is 6.27. The van der Waals surface area contributed by atoms with Crippen molar-refractivity contribution in [3.8, 4) is 0 Å². The highest BCUT2D eigenvalue weighted by Crippen LogP contribution is 2.40. The number of nitrogens with two attached hydrogens (primary N) is 1. The van der Waals surface area contributed by atoms with E-state index in [2.05, 4.69) is 15.5 Å². The van der Waals surface area contributed by atoms with Gasteiger partial charge in [-0.05, 0) is 6.07 Å². The summed E-state index contributed by atoms with van der Waals surface area (Å²) in [5, 5.41) is 27.1. The summed E-state index contributed by atoms with van der Waals surface area (Å²) in [6.07, 6.45) is 3.23. The summed E-state index contributed by atoms with van der Waals surface area (Å²) in [7, 11) is 1.26. The highest BCUT2D eigenvalue weighted by atomic mass is 32.2. The normalized spacial score (nSPS) is 19.2. The van der Waals surface area contributed by atoms with Crippen molar-refractivity contribution in [2.45, 2.75) is 18.0 Å². The molecule has 14 nitrogen and oxygen atoms in total. The van der Waals surface area contributed by atoms with Crippen LogP contribution in [0.25, 0.3) is 11.0 Å². The Balaban J connectivity index is 1.36. The van der Waals surface area contributed by atoms with Crippen molar-refractivity contribution in [1.82, 2.24) is 15.2 Å². The van der Waals surface area contributed by atoms with Crippen LogP contribution in [0.3, 0.4) is 0 Å². The second-order valence-electron chi connectivity index (χ2n) is 8.16. The number of aromatic nitrogens is 2. The molecule has 196 valence electrons. The zero-order valence-electron chi connectivity index (χ0n) is 19.5. The van der Waals surface area contributed by atoms with Gasteiger partial charge in [0.05, 0.1) is 0 Å². The number of carbonyl (C=O) groups is 4. The van der Waals surface area contributed by atoms with Gasteiger partial charge in [-0.2, -0.15) is 4.57 Å². The van der Waals surface area contributed by atoms with Gasteiger partial charge in [0.25, 0.3) is 11.8 Å². The molecule has 2 aliphatic heterocycles. The number of hydrogen-bond donors (Lipinski definition) is 4. The largest absolute Gasteiger partial charge is 0.477 e. The minimum Gasteiger partial charge on any atom is -0.477 e. The summed E-state index contributed by atoms with van der Waals surface area (Å²) in [6, 6.07) is 2.06. The molecule has 0 saturated carbocycles. The van der Waals surface area contributed by atoms with Gasteiger partial charge in [-0.15, -0.1) is 23.1 Å². The fourth-order valence-corrected chi connectivity index (χ4v) is 6.03. The van der Waals surface area contributed by atoms with Gasteiger partial charge < -0.3 is 30.5 Å². The molecule has 0 aromatic carbocycles. The molecule has 5 heterocycles. The van der Waals surface area contributed by atoms with Crippen molar-refractivity contribution >= 4 is 68.7 Å². The van der Waals surface area contributed by atoms with Crippen LogP contribution in [0.1, 0.15) is 16.2 Å². The standard InChI is InChI=1S/C22H18N6O8S2/c1-35-26-14(11-8-38-22(23)24-11)17(29)25-15-18(30)28-16(21(33)34)10(7-37-19(15)28)5-27-3-2-9-4-12(20(31)32)36-13(9)6-27/h2-4,6,8,15,19H,5,7H2,1H3,(H4-,23,24,25,29,31,32,33,34)/p+1/t15?,19-/m0/s1. The number of fused-ring (bicyclic) bond motifs is 2. The first-order chi connectivity index (χ1) is 18.2. The zero-order chi connectivity index (χ0) is 27.1. The van der Waals surface area contributed by atoms with Crippen molar-refractivity contribution in [2.75, 3.05) is 18.6 Å². The molecule has 0 aliphatic carbocycles. The minimum atomic E-state index is -1.28. The Bertz CT molecular complexity index is 1560. The van der Waals surface area contributed by atoms with E-state index in [1.807, 2.05) is 0 Å². The molecule has 1 fully saturated rings. The fourth-order valence-electron chi connectivity index (χ4n) is 4.15. The maximum Gasteiger partial charge on any atom is 0.371 e. The maximum absolute atomic E-state index is 13.0. The molecule has 2 atom stereocenters. The lowest BCUT2D eigenvalue weighted by Crippen LogP contribution is -2.71.